The first-order valence-corrected chi connectivity index (χ1v) is 10.7. The van der Waals surface area contributed by atoms with Gasteiger partial charge in [0.15, 0.2) is 0 Å². The van der Waals surface area contributed by atoms with E-state index in [-0.39, 0.29) is 18.5 Å². The third-order valence-corrected chi connectivity index (χ3v) is 6.77. The first kappa shape index (κ1) is 19.0. The number of urea groups is 1. The fourth-order valence-electron chi connectivity index (χ4n) is 5.10. The molecule has 1 saturated heterocycles. The molecule has 2 fully saturated rings. The molecule has 5 rings (SSSR count). The number of rotatable bonds is 3. The number of nitrogens with zero attached hydrogens (tertiary/aromatic N) is 5. The van der Waals surface area contributed by atoms with E-state index in [2.05, 4.69) is 11.5 Å². The van der Waals surface area contributed by atoms with Crippen molar-refractivity contribution in [2.24, 2.45) is 4.99 Å². The topological polar surface area (TPSA) is 61.8 Å². The molecule has 1 aromatic heterocycles. The van der Waals surface area contributed by atoms with Crippen LogP contribution in [0.1, 0.15) is 60.2 Å². The van der Waals surface area contributed by atoms with Crippen molar-refractivity contribution >= 4 is 23.7 Å². The van der Waals surface area contributed by atoms with Crippen molar-refractivity contribution in [2.75, 3.05) is 7.05 Å². The van der Waals surface area contributed by atoms with Crippen LogP contribution in [0, 0.1) is 20.8 Å². The fourth-order valence-corrected chi connectivity index (χ4v) is 5.10. The van der Waals surface area contributed by atoms with Crippen molar-refractivity contribution in [3.63, 3.8) is 0 Å². The van der Waals surface area contributed by atoms with Crippen LogP contribution in [0.2, 0.25) is 0 Å². The molecular weight excluding hydrogens is 378 g/mol. The molecule has 1 unspecified atom stereocenters. The van der Waals surface area contributed by atoms with E-state index in [1.165, 1.54) is 17.7 Å². The van der Waals surface area contributed by atoms with Crippen molar-refractivity contribution in [1.82, 2.24) is 14.4 Å². The number of carbonyl (C=O) groups is 2. The summed E-state index contributed by atoms with van der Waals surface area (Å²) in [5, 5.41) is 0. The van der Waals surface area contributed by atoms with E-state index in [0.717, 1.165) is 41.2 Å². The maximum absolute atomic E-state index is 13.5. The molecule has 1 aliphatic carbocycles. The van der Waals surface area contributed by atoms with E-state index in [4.69, 9.17) is 4.99 Å². The number of aliphatic imine (C=N–C) groups is 1. The van der Waals surface area contributed by atoms with E-state index in [9.17, 15) is 9.59 Å². The van der Waals surface area contributed by atoms with Gasteiger partial charge in [-0.25, -0.2) is 13.9 Å². The van der Waals surface area contributed by atoms with Crippen LogP contribution >= 0.6 is 0 Å². The van der Waals surface area contributed by atoms with E-state index >= 15 is 0 Å². The molecule has 3 aliphatic rings. The Morgan fingerprint density at radius 2 is 1.87 bits per heavy atom. The van der Waals surface area contributed by atoms with E-state index < -0.39 is 6.04 Å². The van der Waals surface area contributed by atoms with Crippen molar-refractivity contribution in [2.45, 2.75) is 65.1 Å². The fraction of sp³-hybridized carbons (Fsp3) is 0.478. The number of hydrogen-bond acceptors (Lipinski definition) is 3. The summed E-state index contributed by atoms with van der Waals surface area (Å²) in [6.07, 6.45) is 6.75. The van der Waals surface area contributed by atoms with Crippen LogP contribution in [0.3, 0.4) is 0 Å². The first-order valence-electron chi connectivity index (χ1n) is 10.7. The first-order chi connectivity index (χ1) is 14.4. The molecule has 7 nitrogen and oxygen atoms in total. The largest absolute Gasteiger partial charge is 0.402 e. The number of benzene rings is 1. The molecule has 0 spiro atoms. The second-order valence-corrected chi connectivity index (χ2v) is 8.85. The van der Waals surface area contributed by atoms with Crippen molar-refractivity contribution in [1.29, 1.82) is 0 Å². The van der Waals surface area contributed by atoms with Crippen molar-refractivity contribution < 1.29 is 14.2 Å². The number of imidazole rings is 1. The van der Waals surface area contributed by atoms with Crippen LogP contribution < -0.4 is 4.57 Å². The van der Waals surface area contributed by atoms with Gasteiger partial charge >= 0.3 is 12.0 Å². The Labute approximate surface area is 176 Å². The van der Waals surface area contributed by atoms with Crippen LogP contribution in [0.5, 0.6) is 0 Å². The van der Waals surface area contributed by atoms with Gasteiger partial charge in [-0.15, -0.1) is 0 Å². The third kappa shape index (κ3) is 2.71. The summed E-state index contributed by atoms with van der Waals surface area (Å²) in [6, 6.07) is 5.66. The van der Waals surface area contributed by atoms with Gasteiger partial charge in [-0.1, -0.05) is 28.8 Å². The van der Waals surface area contributed by atoms with Gasteiger partial charge in [-0.2, -0.15) is 0 Å². The number of hydrogen-bond donors (Lipinski definition) is 0. The third-order valence-electron chi connectivity index (χ3n) is 6.77. The summed E-state index contributed by atoms with van der Waals surface area (Å²) in [5.41, 5.74) is 4.30. The minimum atomic E-state index is -0.575. The van der Waals surface area contributed by atoms with Crippen LogP contribution in [0.25, 0.3) is 0 Å². The summed E-state index contributed by atoms with van der Waals surface area (Å²) in [7, 11) is 1.72. The highest BCUT2D eigenvalue weighted by molar-refractivity contribution is 6.19. The molecule has 7 heteroatoms. The van der Waals surface area contributed by atoms with Gasteiger partial charge in [-0.05, 0) is 57.6 Å². The molecule has 2 aromatic rings. The number of aromatic nitrogens is 2. The minimum Gasteiger partial charge on any atom is -0.270 e. The smallest absolute Gasteiger partial charge is 0.270 e. The van der Waals surface area contributed by atoms with Gasteiger partial charge in [0.05, 0.1) is 12.6 Å². The predicted molar refractivity (Wildman–Crippen MR) is 113 cm³/mol. The SMILES string of the molecule is Cc1ccc(C)c(CN2C(=O)C3C(=Nc4n(C5CCCC5)c(C)c[n+]43)N(C)C2=O)c1. The van der Waals surface area contributed by atoms with Crippen LogP contribution in [-0.4, -0.2) is 39.2 Å². The zero-order valence-corrected chi connectivity index (χ0v) is 18.1. The zero-order chi connectivity index (χ0) is 21.2. The second kappa shape index (κ2) is 6.79. The molecule has 1 atom stereocenters. The lowest BCUT2D eigenvalue weighted by Gasteiger charge is -2.33. The average molecular weight is 407 g/mol. The Morgan fingerprint density at radius 1 is 1.13 bits per heavy atom. The highest BCUT2D eigenvalue weighted by Crippen LogP contribution is 2.37. The molecule has 0 radical (unpaired) electrons. The standard InChI is InChI=1S/C23H28N5O2/c1-14-9-10-15(2)17(11-14)13-27-21(29)19-20(25(4)23(27)30)24-22-26(19)12-16(3)28(22)18-7-5-6-8-18/h9-12,18-19H,5-8,13H2,1-4H3/q+1. The highest BCUT2D eigenvalue weighted by atomic mass is 16.2. The highest BCUT2D eigenvalue weighted by Gasteiger charge is 2.53. The Morgan fingerprint density at radius 3 is 2.60 bits per heavy atom. The summed E-state index contributed by atoms with van der Waals surface area (Å²) in [4.78, 5) is 34.3. The minimum absolute atomic E-state index is 0.204. The zero-order valence-electron chi connectivity index (χ0n) is 18.1. The molecule has 3 amide bonds. The van der Waals surface area contributed by atoms with Gasteiger partial charge in [-0.3, -0.25) is 14.6 Å². The maximum atomic E-state index is 13.5. The van der Waals surface area contributed by atoms with Crippen LogP contribution in [0.15, 0.2) is 29.4 Å². The number of imide groups is 1. The Bertz CT molecular complexity index is 1090. The van der Waals surface area contributed by atoms with Crippen molar-refractivity contribution in [3.05, 3.63) is 46.8 Å². The summed E-state index contributed by atoms with van der Waals surface area (Å²) in [5.74, 6) is 1.12. The van der Waals surface area contributed by atoms with E-state index in [1.807, 2.05) is 42.8 Å². The normalized spacial score (nSPS) is 21.3. The Balaban J connectivity index is 1.53. The van der Waals surface area contributed by atoms with Gasteiger partial charge in [0.25, 0.3) is 5.91 Å². The van der Waals surface area contributed by atoms with Gasteiger partial charge < -0.3 is 0 Å². The Kier molecular flexibility index (Phi) is 4.31. The molecule has 30 heavy (non-hydrogen) atoms. The van der Waals surface area contributed by atoms with Gasteiger partial charge in [0.1, 0.15) is 11.9 Å². The molecule has 1 aromatic carbocycles. The number of amidine groups is 1. The molecule has 2 aliphatic heterocycles. The second-order valence-electron chi connectivity index (χ2n) is 8.85. The van der Waals surface area contributed by atoms with Gasteiger partial charge in [0, 0.05) is 7.05 Å². The predicted octanol–water partition coefficient (Wildman–Crippen LogP) is 3.49. The number of fused-ring (bicyclic) bond motifs is 3. The van der Waals surface area contributed by atoms with Crippen molar-refractivity contribution in [3.8, 4) is 0 Å². The maximum Gasteiger partial charge on any atom is 0.402 e. The van der Waals surface area contributed by atoms with Crippen LogP contribution in [0.4, 0.5) is 10.7 Å². The van der Waals surface area contributed by atoms with E-state index in [0.29, 0.717) is 11.9 Å². The van der Waals surface area contributed by atoms with E-state index in [1.54, 1.807) is 11.9 Å². The monoisotopic (exact) mass is 406 g/mol. The number of amides is 3. The summed E-state index contributed by atoms with van der Waals surface area (Å²) >= 11 is 0. The molecular formula is C23H28N5O2+. The molecule has 1 saturated carbocycles. The molecule has 0 bridgehead atoms. The lowest BCUT2D eigenvalue weighted by molar-refractivity contribution is -0.677. The Hall–Kier alpha value is -2.96. The summed E-state index contributed by atoms with van der Waals surface area (Å²) < 4.78 is 4.23. The number of aryl methyl sites for hydroxylation is 3. The number of carbonyl (C=O) groups excluding carboxylic acids is 2. The molecule has 3 heterocycles. The lowest BCUT2D eigenvalue weighted by atomic mass is 10.0. The molecule has 156 valence electrons. The van der Waals surface area contributed by atoms with Crippen LogP contribution in [-0.2, 0) is 11.3 Å². The lowest BCUT2D eigenvalue weighted by Crippen LogP contribution is -2.62. The quantitative estimate of drug-likeness (QED) is 0.733. The van der Waals surface area contributed by atoms with Gasteiger partial charge in [0.2, 0.25) is 11.9 Å². The summed E-state index contributed by atoms with van der Waals surface area (Å²) in [6.45, 7) is 6.39. The average Bonchev–Trinajstić information content (AvgIpc) is 3.41. The number of likely N-dealkylation sites (N-methyl/N-ethyl adjacent to an activating group) is 1. The molecule has 0 N–H and O–H groups in total.